The summed E-state index contributed by atoms with van der Waals surface area (Å²) >= 11 is 6.04. The van der Waals surface area contributed by atoms with Gasteiger partial charge in [0.05, 0.1) is 7.11 Å². The minimum atomic E-state index is -0.229. The molecule has 0 saturated heterocycles. The number of halogens is 2. The lowest BCUT2D eigenvalue weighted by Gasteiger charge is -2.16. The fraction of sp³-hybridized carbons (Fsp3) is 0.250. The minimum absolute atomic E-state index is 0.0775. The van der Waals surface area contributed by atoms with E-state index in [4.69, 9.17) is 16.3 Å². The lowest BCUT2D eigenvalue weighted by atomic mass is 9.93. The van der Waals surface area contributed by atoms with Crippen LogP contribution in [0.4, 0.5) is 4.39 Å². The molecule has 2 aromatic carbocycles. The highest BCUT2D eigenvalue weighted by Crippen LogP contribution is 2.27. The molecule has 1 unspecified atom stereocenters. The fourth-order valence-corrected chi connectivity index (χ4v) is 2.45. The molecule has 0 aliphatic heterocycles. The van der Waals surface area contributed by atoms with Gasteiger partial charge in [-0.25, -0.2) is 4.39 Å². The Balaban J connectivity index is 2.24. The Labute approximate surface area is 118 Å². The number of hydrogen-bond donors (Lipinski definition) is 0. The number of alkyl halides is 1. The van der Waals surface area contributed by atoms with Crippen molar-refractivity contribution in [2.24, 2.45) is 0 Å². The van der Waals surface area contributed by atoms with E-state index >= 15 is 0 Å². The van der Waals surface area contributed by atoms with Gasteiger partial charge in [-0.05, 0) is 35.7 Å². The summed E-state index contributed by atoms with van der Waals surface area (Å²) in [5, 5.41) is 0. The Morgan fingerprint density at radius 2 is 1.95 bits per heavy atom. The molecule has 0 radical (unpaired) electrons. The van der Waals surface area contributed by atoms with E-state index < -0.39 is 0 Å². The van der Waals surface area contributed by atoms with E-state index in [1.54, 1.807) is 19.2 Å². The lowest BCUT2D eigenvalue weighted by Crippen LogP contribution is -2.06. The summed E-state index contributed by atoms with van der Waals surface area (Å²) in [5.74, 6) is 1.14. The van der Waals surface area contributed by atoms with Crippen molar-refractivity contribution < 1.29 is 9.13 Å². The Morgan fingerprint density at radius 1 is 1.16 bits per heavy atom. The van der Waals surface area contributed by atoms with Gasteiger partial charge < -0.3 is 4.74 Å². The van der Waals surface area contributed by atoms with Gasteiger partial charge >= 0.3 is 0 Å². The van der Waals surface area contributed by atoms with Crippen LogP contribution in [0.15, 0.2) is 48.5 Å². The van der Waals surface area contributed by atoms with Gasteiger partial charge in [-0.1, -0.05) is 30.3 Å². The second-order valence-electron chi connectivity index (χ2n) is 4.42. The highest BCUT2D eigenvalue weighted by Gasteiger charge is 2.14. The molecule has 3 heteroatoms. The average molecular weight is 279 g/mol. The topological polar surface area (TPSA) is 9.23 Å². The third kappa shape index (κ3) is 3.48. The van der Waals surface area contributed by atoms with Crippen LogP contribution in [0.5, 0.6) is 5.75 Å². The smallest absolute Gasteiger partial charge is 0.123 e. The monoisotopic (exact) mass is 278 g/mol. The predicted octanol–water partition coefficient (Wildman–Crippen LogP) is 4.40. The van der Waals surface area contributed by atoms with Crippen molar-refractivity contribution >= 4 is 11.6 Å². The number of para-hydroxylation sites is 1. The number of benzene rings is 2. The molecular weight excluding hydrogens is 263 g/mol. The van der Waals surface area contributed by atoms with Crippen molar-refractivity contribution in [2.75, 3.05) is 13.0 Å². The van der Waals surface area contributed by atoms with E-state index in [1.807, 2.05) is 30.3 Å². The standard InChI is InChI=1S/C16H16ClFO/c1-19-16-8-3-2-5-13(16)9-14(11-17)12-6-4-7-15(18)10-12/h2-8,10,14H,9,11H2,1H3. The van der Waals surface area contributed by atoms with Crippen LogP contribution in [-0.2, 0) is 6.42 Å². The van der Waals surface area contributed by atoms with Crippen molar-refractivity contribution in [3.05, 3.63) is 65.5 Å². The summed E-state index contributed by atoms with van der Waals surface area (Å²) in [5.41, 5.74) is 2.00. The van der Waals surface area contributed by atoms with Crippen LogP contribution in [0.1, 0.15) is 17.0 Å². The van der Waals surface area contributed by atoms with Crippen molar-refractivity contribution in [3.63, 3.8) is 0 Å². The molecule has 0 saturated carbocycles. The zero-order valence-corrected chi connectivity index (χ0v) is 11.5. The van der Waals surface area contributed by atoms with Gasteiger partial charge in [0.1, 0.15) is 11.6 Å². The largest absolute Gasteiger partial charge is 0.496 e. The summed E-state index contributed by atoms with van der Waals surface area (Å²) in [6.45, 7) is 0. The number of methoxy groups -OCH3 is 1. The molecule has 0 bridgehead atoms. The first-order chi connectivity index (χ1) is 9.24. The number of hydrogen-bond acceptors (Lipinski definition) is 1. The Hall–Kier alpha value is -1.54. The van der Waals surface area contributed by atoms with Crippen LogP contribution in [0.2, 0.25) is 0 Å². The van der Waals surface area contributed by atoms with Crippen LogP contribution in [0.3, 0.4) is 0 Å². The van der Waals surface area contributed by atoms with Gasteiger partial charge in [0.2, 0.25) is 0 Å². The molecule has 0 aliphatic carbocycles. The van der Waals surface area contributed by atoms with Gasteiger partial charge in [0.25, 0.3) is 0 Å². The maximum Gasteiger partial charge on any atom is 0.123 e. The first-order valence-corrected chi connectivity index (χ1v) is 6.71. The first kappa shape index (κ1) is 13.9. The van der Waals surface area contributed by atoms with Crippen LogP contribution in [0, 0.1) is 5.82 Å². The zero-order valence-electron chi connectivity index (χ0n) is 10.8. The van der Waals surface area contributed by atoms with E-state index in [2.05, 4.69) is 0 Å². The second-order valence-corrected chi connectivity index (χ2v) is 4.73. The summed E-state index contributed by atoms with van der Waals surface area (Å²) in [6, 6.07) is 14.4. The number of ether oxygens (including phenoxy) is 1. The minimum Gasteiger partial charge on any atom is -0.496 e. The summed E-state index contributed by atoms with van der Waals surface area (Å²) in [4.78, 5) is 0. The molecule has 19 heavy (non-hydrogen) atoms. The molecule has 1 atom stereocenters. The maximum absolute atomic E-state index is 13.3. The van der Waals surface area contributed by atoms with E-state index in [1.165, 1.54) is 6.07 Å². The lowest BCUT2D eigenvalue weighted by molar-refractivity contribution is 0.408. The normalized spacial score (nSPS) is 12.2. The van der Waals surface area contributed by atoms with Gasteiger partial charge in [-0.2, -0.15) is 0 Å². The molecule has 0 aliphatic rings. The molecule has 0 N–H and O–H groups in total. The first-order valence-electron chi connectivity index (χ1n) is 6.18. The molecule has 100 valence electrons. The van der Waals surface area contributed by atoms with Crippen LogP contribution in [-0.4, -0.2) is 13.0 Å². The van der Waals surface area contributed by atoms with Crippen molar-refractivity contribution in [1.82, 2.24) is 0 Å². The molecule has 2 rings (SSSR count). The maximum atomic E-state index is 13.3. The summed E-state index contributed by atoms with van der Waals surface area (Å²) in [6.07, 6.45) is 0.733. The Kier molecular flexibility index (Phi) is 4.80. The van der Waals surface area contributed by atoms with Crippen molar-refractivity contribution in [2.45, 2.75) is 12.3 Å². The highest BCUT2D eigenvalue weighted by molar-refractivity contribution is 6.18. The third-order valence-electron chi connectivity index (χ3n) is 3.17. The van der Waals surface area contributed by atoms with Crippen LogP contribution in [0.25, 0.3) is 0 Å². The zero-order chi connectivity index (χ0) is 13.7. The fourth-order valence-electron chi connectivity index (χ4n) is 2.16. The van der Waals surface area contributed by atoms with Crippen molar-refractivity contribution in [3.8, 4) is 5.75 Å². The molecule has 1 nitrogen and oxygen atoms in total. The Morgan fingerprint density at radius 3 is 2.63 bits per heavy atom. The van der Waals surface area contributed by atoms with Crippen LogP contribution < -0.4 is 4.74 Å². The summed E-state index contributed by atoms with van der Waals surface area (Å²) in [7, 11) is 1.65. The quantitative estimate of drug-likeness (QED) is 0.737. The summed E-state index contributed by atoms with van der Waals surface area (Å²) < 4.78 is 18.6. The molecule has 0 spiro atoms. The van der Waals surface area contributed by atoms with E-state index in [9.17, 15) is 4.39 Å². The van der Waals surface area contributed by atoms with Gasteiger partial charge in [-0.15, -0.1) is 11.6 Å². The molecule has 0 aromatic heterocycles. The predicted molar refractivity (Wildman–Crippen MR) is 76.6 cm³/mol. The van der Waals surface area contributed by atoms with E-state index in [0.29, 0.717) is 5.88 Å². The third-order valence-corrected chi connectivity index (χ3v) is 3.54. The van der Waals surface area contributed by atoms with Gasteiger partial charge in [0, 0.05) is 11.8 Å². The molecule has 0 amide bonds. The molecule has 0 fully saturated rings. The van der Waals surface area contributed by atoms with Crippen LogP contribution >= 0.6 is 11.6 Å². The molecule has 0 heterocycles. The van der Waals surface area contributed by atoms with E-state index in [-0.39, 0.29) is 11.7 Å². The van der Waals surface area contributed by atoms with E-state index in [0.717, 1.165) is 23.3 Å². The second kappa shape index (κ2) is 6.58. The van der Waals surface area contributed by atoms with Gasteiger partial charge in [-0.3, -0.25) is 0 Å². The van der Waals surface area contributed by atoms with Gasteiger partial charge in [0.15, 0.2) is 0 Å². The highest BCUT2D eigenvalue weighted by atomic mass is 35.5. The SMILES string of the molecule is COc1ccccc1CC(CCl)c1cccc(F)c1. The molecule has 2 aromatic rings. The Bertz CT molecular complexity index is 542. The van der Waals surface area contributed by atoms with Crippen molar-refractivity contribution in [1.29, 1.82) is 0 Å². The molecular formula is C16H16ClFO. The average Bonchev–Trinajstić information content (AvgIpc) is 2.45. The number of rotatable bonds is 5.